The highest BCUT2D eigenvalue weighted by Crippen LogP contribution is 2.27. The van der Waals surface area contributed by atoms with E-state index in [1.165, 1.54) is 12.1 Å². The van der Waals surface area contributed by atoms with Gasteiger partial charge in [-0.2, -0.15) is 0 Å². The highest BCUT2D eigenvalue weighted by Gasteiger charge is 2.22. The summed E-state index contributed by atoms with van der Waals surface area (Å²) in [7, 11) is 0. The molecule has 1 fully saturated rings. The summed E-state index contributed by atoms with van der Waals surface area (Å²) in [6.07, 6.45) is 1.99. The molecule has 0 N–H and O–H groups in total. The van der Waals surface area contributed by atoms with Gasteiger partial charge < -0.3 is 13.9 Å². The molecule has 3 rings (SSSR count). The van der Waals surface area contributed by atoms with Crippen molar-refractivity contribution in [2.75, 3.05) is 13.2 Å². The molecule has 0 bridgehead atoms. The topological polar surface area (TPSA) is 57.4 Å². The quantitative estimate of drug-likeness (QED) is 0.839. The summed E-state index contributed by atoms with van der Waals surface area (Å²) < 4.78 is 30.1. The molecule has 1 aromatic carbocycles. The molecule has 7 heteroatoms. The van der Waals surface area contributed by atoms with Crippen molar-refractivity contribution in [3.8, 4) is 5.75 Å². The van der Waals surface area contributed by atoms with Gasteiger partial charge in [0.2, 0.25) is 5.89 Å². The summed E-state index contributed by atoms with van der Waals surface area (Å²) in [5.74, 6) is 1.35. The first-order valence-corrected chi connectivity index (χ1v) is 7.49. The summed E-state index contributed by atoms with van der Waals surface area (Å²) in [6, 6.07) is 4.22. The van der Waals surface area contributed by atoms with Crippen LogP contribution in [-0.2, 0) is 11.3 Å². The number of hydrogen-bond donors (Lipinski definition) is 0. The van der Waals surface area contributed by atoms with Crippen molar-refractivity contribution >= 4 is 15.9 Å². The van der Waals surface area contributed by atoms with Gasteiger partial charge in [-0.25, -0.2) is 4.39 Å². The largest absolute Gasteiger partial charge is 0.483 e. The number of aromatic nitrogens is 2. The SMILES string of the molecule is Fc1ccc(OCc2nnc(C3CCCOC3)o2)c(Br)c1. The second-order valence-electron chi connectivity index (χ2n) is 4.81. The van der Waals surface area contributed by atoms with Crippen LogP contribution in [0.25, 0.3) is 0 Å². The molecule has 112 valence electrons. The van der Waals surface area contributed by atoms with Gasteiger partial charge in [-0.15, -0.1) is 10.2 Å². The van der Waals surface area contributed by atoms with E-state index >= 15 is 0 Å². The zero-order chi connectivity index (χ0) is 14.7. The average molecular weight is 357 g/mol. The van der Waals surface area contributed by atoms with Crippen LogP contribution in [0.4, 0.5) is 4.39 Å². The predicted molar refractivity (Wildman–Crippen MR) is 75.5 cm³/mol. The van der Waals surface area contributed by atoms with Gasteiger partial charge in [0, 0.05) is 6.61 Å². The molecule has 1 saturated heterocycles. The Bertz CT molecular complexity index is 614. The van der Waals surface area contributed by atoms with Gasteiger partial charge in [0.25, 0.3) is 5.89 Å². The van der Waals surface area contributed by atoms with Crippen LogP contribution in [0.5, 0.6) is 5.75 Å². The van der Waals surface area contributed by atoms with E-state index in [1.54, 1.807) is 6.07 Å². The second-order valence-corrected chi connectivity index (χ2v) is 5.67. The highest BCUT2D eigenvalue weighted by atomic mass is 79.9. The molecule has 0 saturated carbocycles. The van der Waals surface area contributed by atoms with Crippen LogP contribution in [0, 0.1) is 5.82 Å². The van der Waals surface area contributed by atoms with Gasteiger partial charge in [-0.05, 0) is 47.0 Å². The third kappa shape index (κ3) is 3.59. The molecule has 0 spiro atoms. The standard InChI is InChI=1S/C14H14BrFN2O3/c15-11-6-10(16)3-4-12(11)20-8-13-17-18-14(21-13)9-2-1-5-19-7-9/h3-4,6,9H,1-2,5,7-8H2. The highest BCUT2D eigenvalue weighted by molar-refractivity contribution is 9.10. The van der Waals surface area contributed by atoms with Crippen LogP contribution in [0.3, 0.4) is 0 Å². The van der Waals surface area contributed by atoms with Gasteiger partial charge in [-0.3, -0.25) is 0 Å². The van der Waals surface area contributed by atoms with Gasteiger partial charge in [-0.1, -0.05) is 0 Å². The fourth-order valence-corrected chi connectivity index (χ4v) is 2.62. The molecule has 0 aliphatic carbocycles. The van der Waals surface area contributed by atoms with E-state index in [1.807, 2.05) is 0 Å². The Labute approximate surface area is 129 Å². The molecule has 1 unspecified atom stereocenters. The fourth-order valence-electron chi connectivity index (χ4n) is 2.16. The normalized spacial score (nSPS) is 18.7. The average Bonchev–Trinajstić information content (AvgIpc) is 2.96. The summed E-state index contributed by atoms with van der Waals surface area (Å²) in [4.78, 5) is 0. The molecule has 2 aromatic rings. The van der Waals surface area contributed by atoms with E-state index in [4.69, 9.17) is 13.9 Å². The van der Waals surface area contributed by atoms with Crippen LogP contribution in [-0.4, -0.2) is 23.4 Å². The first-order valence-electron chi connectivity index (χ1n) is 6.70. The lowest BCUT2D eigenvalue weighted by Gasteiger charge is -2.18. The van der Waals surface area contributed by atoms with Crippen molar-refractivity contribution in [3.05, 3.63) is 40.3 Å². The maximum atomic E-state index is 13.0. The predicted octanol–water partition coefficient (Wildman–Crippen LogP) is 3.44. The van der Waals surface area contributed by atoms with Crippen LogP contribution < -0.4 is 4.74 Å². The molecular formula is C14H14BrFN2O3. The number of nitrogens with zero attached hydrogens (tertiary/aromatic N) is 2. The van der Waals surface area contributed by atoms with Crippen molar-refractivity contribution in [1.82, 2.24) is 10.2 Å². The molecule has 1 atom stereocenters. The van der Waals surface area contributed by atoms with Crippen molar-refractivity contribution < 1.29 is 18.3 Å². The number of rotatable bonds is 4. The molecule has 1 aliphatic heterocycles. The lowest BCUT2D eigenvalue weighted by atomic mass is 10.0. The molecular weight excluding hydrogens is 343 g/mol. The van der Waals surface area contributed by atoms with Gasteiger partial charge >= 0.3 is 0 Å². The summed E-state index contributed by atoms with van der Waals surface area (Å²) in [5, 5.41) is 8.01. The first kappa shape index (κ1) is 14.5. The summed E-state index contributed by atoms with van der Waals surface area (Å²) in [6.45, 7) is 1.55. The van der Waals surface area contributed by atoms with Crippen LogP contribution >= 0.6 is 15.9 Å². The third-order valence-corrected chi connectivity index (χ3v) is 3.86. The first-order chi connectivity index (χ1) is 10.2. The van der Waals surface area contributed by atoms with E-state index < -0.39 is 0 Å². The maximum absolute atomic E-state index is 13.0. The Morgan fingerprint density at radius 3 is 3.05 bits per heavy atom. The van der Waals surface area contributed by atoms with Gasteiger partial charge in [0.1, 0.15) is 11.6 Å². The third-order valence-electron chi connectivity index (χ3n) is 3.24. The Balaban J connectivity index is 1.61. The van der Waals surface area contributed by atoms with E-state index in [9.17, 15) is 4.39 Å². The van der Waals surface area contributed by atoms with E-state index in [-0.39, 0.29) is 18.3 Å². The minimum Gasteiger partial charge on any atom is -0.483 e. The summed E-state index contributed by atoms with van der Waals surface area (Å²) >= 11 is 3.24. The second kappa shape index (κ2) is 6.53. The van der Waals surface area contributed by atoms with E-state index in [0.717, 1.165) is 19.4 Å². The van der Waals surface area contributed by atoms with Crippen molar-refractivity contribution in [3.63, 3.8) is 0 Å². The molecule has 1 aliphatic rings. The Kier molecular flexibility index (Phi) is 4.50. The molecule has 5 nitrogen and oxygen atoms in total. The molecule has 2 heterocycles. The van der Waals surface area contributed by atoms with Gasteiger partial charge in [0.05, 0.1) is 17.0 Å². The number of benzene rings is 1. The molecule has 0 radical (unpaired) electrons. The maximum Gasteiger partial charge on any atom is 0.253 e. The summed E-state index contributed by atoms with van der Waals surface area (Å²) in [5.41, 5.74) is 0. The van der Waals surface area contributed by atoms with Crippen molar-refractivity contribution in [2.24, 2.45) is 0 Å². The number of ether oxygens (including phenoxy) is 2. The minimum absolute atomic E-state index is 0.144. The number of hydrogen-bond acceptors (Lipinski definition) is 5. The Hall–Kier alpha value is -1.47. The lowest BCUT2D eigenvalue weighted by molar-refractivity contribution is 0.0717. The van der Waals surface area contributed by atoms with Crippen molar-refractivity contribution in [2.45, 2.75) is 25.4 Å². The monoisotopic (exact) mass is 356 g/mol. The zero-order valence-corrected chi connectivity index (χ0v) is 12.8. The molecule has 1 aromatic heterocycles. The smallest absolute Gasteiger partial charge is 0.253 e. The zero-order valence-electron chi connectivity index (χ0n) is 11.2. The Morgan fingerprint density at radius 2 is 2.29 bits per heavy atom. The fraction of sp³-hybridized carbons (Fsp3) is 0.429. The van der Waals surface area contributed by atoms with Crippen LogP contribution in [0.15, 0.2) is 27.1 Å². The minimum atomic E-state index is -0.327. The van der Waals surface area contributed by atoms with Crippen LogP contribution in [0.2, 0.25) is 0 Å². The number of halogens is 2. The van der Waals surface area contributed by atoms with E-state index in [0.29, 0.717) is 28.6 Å². The van der Waals surface area contributed by atoms with Crippen LogP contribution in [0.1, 0.15) is 30.5 Å². The lowest BCUT2D eigenvalue weighted by Crippen LogP contribution is -2.15. The van der Waals surface area contributed by atoms with E-state index in [2.05, 4.69) is 26.1 Å². The Morgan fingerprint density at radius 1 is 1.38 bits per heavy atom. The van der Waals surface area contributed by atoms with Gasteiger partial charge in [0.15, 0.2) is 6.61 Å². The molecule has 21 heavy (non-hydrogen) atoms. The van der Waals surface area contributed by atoms with Crippen molar-refractivity contribution in [1.29, 1.82) is 0 Å². The molecule has 0 amide bonds.